The summed E-state index contributed by atoms with van der Waals surface area (Å²) in [6.07, 6.45) is 5.94. The van der Waals surface area contributed by atoms with Crippen molar-refractivity contribution >= 4 is 0 Å². The number of rotatable bonds is 5. The standard InChI is InChI=1S/C14H23NO2/c1-3-11-6-7-13(8-11,9-15)14(16,10-17-2)12-4-5-12/h11-12,16H,3-8,10H2,1-2H3. The van der Waals surface area contributed by atoms with Gasteiger partial charge in [-0.3, -0.25) is 0 Å². The molecule has 0 amide bonds. The van der Waals surface area contributed by atoms with E-state index >= 15 is 0 Å². The lowest BCUT2D eigenvalue weighted by Crippen LogP contribution is -2.51. The maximum atomic E-state index is 11.0. The van der Waals surface area contributed by atoms with E-state index in [0.717, 1.165) is 38.5 Å². The summed E-state index contributed by atoms with van der Waals surface area (Å²) >= 11 is 0. The Labute approximate surface area is 104 Å². The Bertz CT molecular complexity index is 321. The van der Waals surface area contributed by atoms with Crippen LogP contribution in [0.25, 0.3) is 0 Å². The highest BCUT2D eigenvalue weighted by Gasteiger charge is 2.60. The third-order valence-electron chi connectivity index (χ3n) is 4.85. The van der Waals surface area contributed by atoms with E-state index in [4.69, 9.17) is 4.74 Å². The number of ether oxygens (including phenoxy) is 1. The molecular weight excluding hydrogens is 214 g/mol. The predicted molar refractivity (Wildman–Crippen MR) is 65.2 cm³/mol. The second-order valence-corrected chi connectivity index (χ2v) is 5.84. The zero-order chi connectivity index (χ0) is 12.5. The predicted octanol–water partition coefficient (Wildman–Crippen LogP) is 2.49. The van der Waals surface area contributed by atoms with Crippen LogP contribution in [0.4, 0.5) is 0 Å². The van der Waals surface area contributed by atoms with Crippen LogP contribution in [0.3, 0.4) is 0 Å². The van der Waals surface area contributed by atoms with Crippen molar-refractivity contribution in [2.75, 3.05) is 13.7 Å². The van der Waals surface area contributed by atoms with Crippen LogP contribution in [-0.2, 0) is 4.74 Å². The minimum Gasteiger partial charge on any atom is -0.386 e. The van der Waals surface area contributed by atoms with Crippen molar-refractivity contribution in [2.45, 2.75) is 51.0 Å². The van der Waals surface area contributed by atoms with Gasteiger partial charge in [0, 0.05) is 7.11 Å². The van der Waals surface area contributed by atoms with Gasteiger partial charge in [-0.05, 0) is 43.9 Å². The van der Waals surface area contributed by atoms with Gasteiger partial charge >= 0.3 is 0 Å². The minimum atomic E-state index is -0.916. The first kappa shape index (κ1) is 12.9. The number of nitriles is 1. The summed E-state index contributed by atoms with van der Waals surface area (Å²) in [7, 11) is 1.62. The number of hydrogen-bond acceptors (Lipinski definition) is 3. The van der Waals surface area contributed by atoms with Gasteiger partial charge in [0.05, 0.1) is 18.1 Å². The molecule has 2 saturated carbocycles. The average molecular weight is 237 g/mol. The summed E-state index contributed by atoms with van der Waals surface area (Å²) in [6.45, 7) is 2.48. The number of aliphatic hydroxyl groups is 1. The Kier molecular flexibility index (Phi) is 3.47. The Morgan fingerprint density at radius 1 is 1.47 bits per heavy atom. The molecule has 0 aromatic rings. The summed E-state index contributed by atoms with van der Waals surface area (Å²) in [5, 5.41) is 20.6. The highest BCUT2D eigenvalue weighted by atomic mass is 16.5. The number of methoxy groups -OCH3 is 1. The highest BCUT2D eigenvalue weighted by molar-refractivity contribution is 5.18. The lowest BCUT2D eigenvalue weighted by Gasteiger charge is -2.40. The van der Waals surface area contributed by atoms with E-state index in [1.807, 2.05) is 0 Å². The molecular formula is C14H23NO2. The van der Waals surface area contributed by atoms with Gasteiger partial charge in [-0.15, -0.1) is 0 Å². The van der Waals surface area contributed by atoms with E-state index in [2.05, 4.69) is 13.0 Å². The highest BCUT2D eigenvalue weighted by Crippen LogP contribution is 2.57. The van der Waals surface area contributed by atoms with Gasteiger partial charge in [0.1, 0.15) is 5.60 Å². The first-order valence-corrected chi connectivity index (χ1v) is 6.74. The lowest BCUT2D eigenvalue weighted by molar-refractivity contribution is -0.117. The van der Waals surface area contributed by atoms with Crippen LogP contribution in [0.15, 0.2) is 0 Å². The molecule has 96 valence electrons. The minimum absolute atomic E-state index is 0.276. The summed E-state index contributed by atoms with van der Waals surface area (Å²) in [5.41, 5.74) is -1.48. The normalized spacial score (nSPS) is 36.5. The van der Waals surface area contributed by atoms with Crippen LogP contribution in [0, 0.1) is 28.6 Å². The molecule has 1 N–H and O–H groups in total. The molecule has 0 heterocycles. The molecule has 2 fully saturated rings. The van der Waals surface area contributed by atoms with Crippen LogP contribution in [0.1, 0.15) is 45.4 Å². The fraction of sp³-hybridized carbons (Fsp3) is 0.929. The summed E-state index contributed by atoms with van der Waals surface area (Å²) in [6, 6.07) is 2.46. The van der Waals surface area contributed by atoms with Crippen molar-refractivity contribution in [1.29, 1.82) is 5.26 Å². The molecule has 3 unspecified atom stereocenters. The van der Waals surface area contributed by atoms with Gasteiger partial charge in [0.2, 0.25) is 0 Å². The first-order valence-electron chi connectivity index (χ1n) is 6.74. The van der Waals surface area contributed by atoms with Gasteiger partial charge in [0.25, 0.3) is 0 Å². The van der Waals surface area contributed by atoms with Gasteiger partial charge in [-0.25, -0.2) is 0 Å². The van der Waals surface area contributed by atoms with Crippen LogP contribution in [0.2, 0.25) is 0 Å². The van der Waals surface area contributed by atoms with Gasteiger partial charge in [-0.2, -0.15) is 5.26 Å². The lowest BCUT2D eigenvalue weighted by atomic mass is 9.68. The first-order chi connectivity index (χ1) is 8.12. The second-order valence-electron chi connectivity index (χ2n) is 5.84. The fourth-order valence-electron chi connectivity index (χ4n) is 3.52. The van der Waals surface area contributed by atoms with Crippen LogP contribution in [-0.4, -0.2) is 24.4 Å². The van der Waals surface area contributed by atoms with Crippen LogP contribution in [0.5, 0.6) is 0 Å². The molecule has 0 aromatic heterocycles. The molecule has 2 aliphatic rings. The third-order valence-corrected chi connectivity index (χ3v) is 4.85. The van der Waals surface area contributed by atoms with E-state index < -0.39 is 11.0 Å². The monoisotopic (exact) mass is 237 g/mol. The van der Waals surface area contributed by atoms with Crippen molar-refractivity contribution in [1.82, 2.24) is 0 Å². The molecule has 0 spiro atoms. The zero-order valence-corrected chi connectivity index (χ0v) is 10.9. The van der Waals surface area contributed by atoms with Gasteiger partial charge in [-0.1, -0.05) is 13.3 Å². The average Bonchev–Trinajstić information content (AvgIpc) is 3.09. The number of nitrogens with zero attached hydrogens (tertiary/aromatic N) is 1. The second kappa shape index (κ2) is 4.59. The Morgan fingerprint density at radius 2 is 2.18 bits per heavy atom. The molecule has 0 bridgehead atoms. The molecule has 3 atom stereocenters. The van der Waals surface area contributed by atoms with Crippen molar-refractivity contribution in [3.63, 3.8) is 0 Å². The number of hydrogen-bond donors (Lipinski definition) is 1. The molecule has 3 nitrogen and oxygen atoms in total. The van der Waals surface area contributed by atoms with Crippen molar-refractivity contribution in [3.8, 4) is 6.07 Å². The smallest absolute Gasteiger partial charge is 0.109 e. The molecule has 0 aliphatic heterocycles. The Morgan fingerprint density at radius 3 is 2.59 bits per heavy atom. The molecule has 3 heteroatoms. The van der Waals surface area contributed by atoms with Crippen molar-refractivity contribution in [2.24, 2.45) is 17.3 Å². The van der Waals surface area contributed by atoms with Gasteiger partial charge in [0.15, 0.2) is 0 Å². The summed E-state index contributed by atoms with van der Waals surface area (Å²) in [4.78, 5) is 0. The third kappa shape index (κ3) is 1.98. The Balaban J connectivity index is 2.24. The maximum absolute atomic E-state index is 11.0. The molecule has 0 radical (unpaired) electrons. The van der Waals surface area contributed by atoms with E-state index in [1.165, 1.54) is 0 Å². The van der Waals surface area contributed by atoms with E-state index in [-0.39, 0.29) is 5.92 Å². The maximum Gasteiger partial charge on any atom is 0.109 e. The molecule has 0 aromatic carbocycles. The van der Waals surface area contributed by atoms with E-state index in [1.54, 1.807) is 7.11 Å². The van der Waals surface area contributed by atoms with Crippen molar-refractivity contribution in [3.05, 3.63) is 0 Å². The molecule has 17 heavy (non-hydrogen) atoms. The summed E-state index contributed by atoms with van der Waals surface area (Å²) in [5.74, 6) is 0.870. The fourth-order valence-corrected chi connectivity index (χ4v) is 3.52. The summed E-state index contributed by atoms with van der Waals surface area (Å²) < 4.78 is 5.22. The molecule has 0 saturated heterocycles. The quantitative estimate of drug-likeness (QED) is 0.799. The SMILES string of the molecule is CCC1CCC(C#N)(C(O)(COC)C2CC2)C1. The van der Waals surface area contributed by atoms with Gasteiger partial charge < -0.3 is 9.84 Å². The molecule has 2 rings (SSSR count). The topological polar surface area (TPSA) is 53.2 Å². The van der Waals surface area contributed by atoms with Crippen molar-refractivity contribution < 1.29 is 9.84 Å². The zero-order valence-electron chi connectivity index (χ0n) is 10.9. The van der Waals surface area contributed by atoms with E-state index in [9.17, 15) is 10.4 Å². The largest absolute Gasteiger partial charge is 0.386 e. The van der Waals surface area contributed by atoms with Crippen LogP contribution < -0.4 is 0 Å². The Hall–Kier alpha value is -0.590. The van der Waals surface area contributed by atoms with Crippen LogP contribution >= 0.6 is 0 Å². The molecule has 2 aliphatic carbocycles. The van der Waals surface area contributed by atoms with E-state index in [0.29, 0.717) is 12.5 Å².